The molecule has 4 rings (SSSR count). The van der Waals surface area contributed by atoms with E-state index in [-0.39, 0.29) is 23.9 Å². The van der Waals surface area contributed by atoms with E-state index in [1.54, 1.807) is 0 Å². The fourth-order valence-electron chi connectivity index (χ4n) is 4.45. The number of rotatable bonds is 9. The molecule has 2 fully saturated rings. The first-order valence-corrected chi connectivity index (χ1v) is 11.9. The molecule has 180 valence electrons. The van der Waals surface area contributed by atoms with Crippen LogP contribution in [0.5, 0.6) is 11.5 Å². The molecule has 2 aliphatic heterocycles. The van der Waals surface area contributed by atoms with E-state index in [0.717, 1.165) is 17.9 Å². The highest BCUT2D eigenvalue weighted by atomic mass is 35.5. The van der Waals surface area contributed by atoms with Crippen molar-refractivity contribution in [3.05, 3.63) is 58.9 Å². The van der Waals surface area contributed by atoms with Crippen molar-refractivity contribution in [1.82, 2.24) is 9.80 Å². The van der Waals surface area contributed by atoms with Gasteiger partial charge in [0.05, 0.1) is 11.1 Å². The van der Waals surface area contributed by atoms with Crippen LogP contribution in [-0.4, -0.2) is 77.7 Å². The van der Waals surface area contributed by atoms with Crippen molar-refractivity contribution in [2.45, 2.75) is 37.5 Å². The van der Waals surface area contributed by atoms with E-state index in [9.17, 15) is 14.6 Å². The summed E-state index contributed by atoms with van der Waals surface area (Å²) in [7, 11) is 0. The van der Waals surface area contributed by atoms with E-state index in [4.69, 9.17) is 21.1 Å². The third kappa shape index (κ3) is 6.58. The predicted octanol–water partition coefficient (Wildman–Crippen LogP) is 3.33. The molecule has 0 saturated carbocycles. The second-order valence-electron chi connectivity index (χ2n) is 9.02. The minimum absolute atomic E-state index is 0.00736. The van der Waals surface area contributed by atoms with Gasteiger partial charge >= 0.3 is 0 Å². The van der Waals surface area contributed by atoms with Crippen LogP contribution in [0.15, 0.2) is 42.5 Å². The average Bonchev–Trinajstić information content (AvgIpc) is 3.32. The van der Waals surface area contributed by atoms with E-state index >= 15 is 0 Å². The molecular formula is C25H32ClFN2O4. The number of aliphatic hydroxyl groups is 2. The molecule has 2 atom stereocenters. The highest BCUT2D eigenvalue weighted by Gasteiger charge is 2.42. The number of benzene rings is 2. The van der Waals surface area contributed by atoms with Crippen LogP contribution in [0, 0.1) is 5.82 Å². The van der Waals surface area contributed by atoms with Gasteiger partial charge in [0, 0.05) is 32.2 Å². The Balaban J connectivity index is 1.27. The molecule has 8 heteroatoms. The van der Waals surface area contributed by atoms with E-state index in [0.29, 0.717) is 26.1 Å². The van der Waals surface area contributed by atoms with Crippen molar-refractivity contribution >= 4 is 11.6 Å². The summed E-state index contributed by atoms with van der Waals surface area (Å²) in [5.74, 6) is 0.525. The molecule has 0 spiro atoms. The summed E-state index contributed by atoms with van der Waals surface area (Å²) in [5, 5.41) is 21.5. The monoisotopic (exact) mass is 478 g/mol. The molecule has 0 aliphatic carbocycles. The number of ether oxygens (including phenoxy) is 2. The molecular weight excluding hydrogens is 447 g/mol. The lowest BCUT2D eigenvalue weighted by Gasteiger charge is -2.42. The Hall–Kier alpha value is -1.90. The van der Waals surface area contributed by atoms with Crippen LogP contribution in [0.3, 0.4) is 0 Å². The van der Waals surface area contributed by atoms with E-state index in [1.165, 1.54) is 44.1 Å². The van der Waals surface area contributed by atoms with Gasteiger partial charge in [0.15, 0.2) is 0 Å². The topological polar surface area (TPSA) is 65.4 Å². The maximum absolute atomic E-state index is 13.6. The number of piperidine rings is 1. The Morgan fingerprint density at radius 1 is 1.00 bits per heavy atom. The lowest BCUT2D eigenvalue weighted by atomic mass is 9.90. The molecule has 0 aromatic heterocycles. The molecule has 2 heterocycles. The zero-order chi connectivity index (χ0) is 23.3. The van der Waals surface area contributed by atoms with E-state index in [1.807, 2.05) is 24.3 Å². The minimum Gasteiger partial charge on any atom is -0.492 e. The lowest BCUT2D eigenvalue weighted by Crippen LogP contribution is -2.59. The number of β-amino-alcohol motifs (C(OH)–C–C–N with tert-alkyl or cyclic N) is 1. The smallest absolute Gasteiger partial charge is 0.145 e. The van der Waals surface area contributed by atoms with Gasteiger partial charge in [-0.15, -0.1) is 0 Å². The van der Waals surface area contributed by atoms with Crippen molar-refractivity contribution in [2.75, 3.05) is 45.9 Å². The molecule has 0 amide bonds. The third-order valence-corrected chi connectivity index (χ3v) is 6.73. The Morgan fingerprint density at radius 3 is 2.45 bits per heavy atom. The lowest BCUT2D eigenvalue weighted by molar-refractivity contribution is -0.140. The summed E-state index contributed by atoms with van der Waals surface area (Å²) in [5.41, 5.74) is -0.353. The molecule has 2 aliphatic rings. The molecule has 0 unspecified atom stereocenters. The van der Waals surface area contributed by atoms with Crippen molar-refractivity contribution in [2.24, 2.45) is 0 Å². The fraction of sp³-hybridized carbons (Fsp3) is 0.520. The summed E-state index contributed by atoms with van der Waals surface area (Å²) in [6, 6.07) is 12.1. The summed E-state index contributed by atoms with van der Waals surface area (Å²) in [4.78, 5) is 4.51. The van der Waals surface area contributed by atoms with E-state index < -0.39 is 17.5 Å². The van der Waals surface area contributed by atoms with Crippen LogP contribution < -0.4 is 9.47 Å². The Morgan fingerprint density at radius 2 is 1.73 bits per heavy atom. The van der Waals surface area contributed by atoms with Gasteiger partial charge in [-0.25, -0.2) is 4.39 Å². The number of hydrogen-bond donors (Lipinski definition) is 2. The largest absolute Gasteiger partial charge is 0.492 e. The van der Waals surface area contributed by atoms with Crippen molar-refractivity contribution in [3.8, 4) is 11.5 Å². The fourth-order valence-corrected chi connectivity index (χ4v) is 4.56. The van der Waals surface area contributed by atoms with Crippen LogP contribution >= 0.6 is 11.6 Å². The second-order valence-corrected chi connectivity index (χ2v) is 9.43. The van der Waals surface area contributed by atoms with Gasteiger partial charge in [-0.05, 0) is 62.2 Å². The van der Waals surface area contributed by atoms with Crippen LogP contribution in [0.1, 0.15) is 24.8 Å². The molecule has 33 heavy (non-hydrogen) atoms. The summed E-state index contributed by atoms with van der Waals surface area (Å²) < 4.78 is 25.1. The van der Waals surface area contributed by atoms with Gasteiger partial charge in [-0.1, -0.05) is 23.7 Å². The first-order chi connectivity index (χ1) is 15.9. The van der Waals surface area contributed by atoms with Gasteiger partial charge in [-0.2, -0.15) is 0 Å². The second kappa shape index (κ2) is 11.0. The molecule has 0 bridgehead atoms. The maximum Gasteiger partial charge on any atom is 0.145 e. The molecule has 6 nitrogen and oxygen atoms in total. The van der Waals surface area contributed by atoms with Crippen molar-refractivity contribution < 1.29 is 24.1 Å². The number of nitrogens with zero attached hydrogens (tertiary/aromatic N) is 2. The summed E-state index contributed by atoms with van der Waals surface area (Å²) in [6.45, 7) is 5.39. The van der Waals surface area contributed by atoms with Crippen molar-refractivity contribution in [1.29, 1.82) is 0 Å². The average molecular weight is 479 g/mol. The first kappa shape index (κ1) is 24.2. The minimum atomic E-state index is -1.45. The van der Waals surface area contributed by atoms with Crippen LogP contribution in [-0.2, 0) is 6.54 Å². The van der Waals surface area contributed by atoms with Crippen LogP contribution in [0.2, 0.25) is 5.02 Å². The quantitative estimate of drug-likeness (QED) is 0.576. The van der Waals surface area contributed by atoms with Crippen LogP contribution in [0.4, 0.5) is 4.39 Å². The normalized spacial score (nSPS) is 24.2. The number of hydrogen-bond acceptors (Lipinski definition) is 6. The highest BCUT2D eigenvalue weighted by Crippen LogP contribution is 2.27. The molecule has 2 aromatic rings. The maximum atomic E-state index is 13.6. The summed E-state index contributed by atoms with van der Waals surface area (Å²) in [6.07, 6.45) is 2.07. The zero-order valence-electron chi connectivity index (χ0n) is 18.8. The Bertz CT molecular complexity index is 910. The Labute approximate surface area is 199 Å². The molecule has 2 N–H and O–H groups in total. The third-order valence-electron chi connectivity index (χ3n) is 6.42. The summed E-state index contributed by atoms with van der Waals surface area (Å²) >= 11 is 5.70. The van der Waals surface area contributed by atoms with Gasteiger partial charge in [-0.3, -0.25) is 9.80 Å². The molecule has 2 saturated heterocycles. The first-order valence-electron chi connectivity index (χ1n) is 11.6. The van der Waals surface area contributed by atoms with Gasteiger partial charge in [0.25, 0.3) is 0 Å². The zero-order valence-corrected chi connectivity index (χ0v) is 19.5. The van der Waals surface area contributed by atoms with Crippen molar-refractivity contribution in [3.63, 3.8) is 0 Å². The molecule has 0 radical (unpaired) electrons. The number of halogens is 2. The van der Waals surface area contributed by atoms with Gasteiger partial charge in [0.1, 0.15) is 36.1 Å². The van der Waals surface area contributed by atoms with Crippen LogP contribution in [0.25, 0.3) is 0 Å². The number of likely N-dealkylation sites (tertiary alicyclic amines) is 2. The molecule has 2 aromatic carbocycles. The predicted molar refractivity (Wildman–Crippen MR) is 125 cm³/mol. The number of aliphatic hydroxyl groups excluding tert-OH is 1. The van der Waals surface area contributed by atoms with Gasteiger partial charge < -0.3 is 19.7 Å². The highest BCUT2D eigenvalue weighted by molar-refractivity contribution is 6.30. The van der Waals surface area contributed by atoms with Gasteiger partial charge in [0.2, 0.25) is 0 Å². The SMILES string of the molecule is O[C@H]1CCN(Cc2ccc(OCCN3CCCC3)cc2)C[C@]1(O)COc1ccc(Cl)c(F)c1. The standard InChI is InChI=1S/C25H32ClFN2O4/c26-22-8-7-21(15-23(22)27)33-18-25(31)17-29(12-9-24(25)30)16-19-3-5-20(6-4-19)32-14-13-28-10-1-2-11-28/h3-8,15,24,30-31H,1-2,9-14,16-18H2/t24-,25-/m0/s1. The van der Waals surface area contributed by atoms with E-state index in [2.05, 4.69) is 9.80 Å². The Kier molecular flexibility index (Phi) is 8.09.